The van der Waals surface area contributed by atoms with E-state index in [0.29, 0.717) is 0 Å². The molecule has 0 aromatic rings. The van der Waals surface area contributed by atoms with E-state index in [0.717, 1.165) is 6.42 Å². The van der Waals surface area contributed by atoms with Gasteiger partial charge in [-0.2, -0.15) is 5.06 Å². The van der Waals surface area contributed by atoms with E-state index >= 15 is 0 Å². The maximum absolute atomic E-state index is 10.7. The third-order valence-corrected chi connectivity index (χ3v) is 7.63. The van der Waals surface area contributed by atoms with Crippen LogP contribution >= 0.6 is 0 Å². The Morgan fingerprint density at radius 2 is 0.931 bits per heavy atom. The molecule has 3 nitrogen and oxygen atoms in total. The molecule has 1 unspecified atom stereocenters. The van der Waals surface area contributed by atoms with Crippen LogP contribution in [0, 0.1) is 0 Å². The summed E-state index contributed by atoms with van der Waals surface area (Å²) >= 11 is 0. The molecule has 0 amide bonds. The van der Waals surface area contributed by atoms with Gasteiger partial charge >= 0.3 is 0 Å². The third-order valence-electron chi connectivity index (χ3n) is 7.63. The summed E-state index contributed by atoms with van der Waals surface area (Å²) in [7, 11) is 0. The lowest BCUT2D eigenvalue weighted by Crippen LogP contribution is -2.52. The van der Waals surface area contributed by atoms with Gasteiger partial charge in [0.05, 0.1) is 11.2 Å². The first-order valence-electron chi connectivity index (χ1n) is 13.0. The van der Waals surface area contributed by atoms with E-state index in [1.165, 1.54) is 103 Å². The predicted octanol–water partition coefficient (Wildman–Crippen LogP) is 8.21. The quantitative estimate of drug-likeness (QED) is 0.237. The number of nitrogens with one attached hydrogen (secondary N) is 1. The Bertz CT molecular complexity index is 421. The summed E-state index contributed by atoms with van der Waals surface area (Å²) in [5.74, 6) is 0. The zero-order valence-corrected chi connectivity index (χ0v) is 20.9. The minimum atomic E-state index is -0.303. The van der Waals surface area contributed by atoms with Crippen molar-refractivity contribution in [3.63, 3.8) is 0 Å². The van der Waals surface area contributed by atoms with E-state index in [2.05, 4.69) is 46.9 Å². The molecule has 0 aromatic carbocycles. The molecule has 1 fully saturated rings. The van der Waals surface area contributed by atoms with Gasteiger partial charge in [-0.25, -0.2) is 0 Å². The predicted molar refractivity (Wildman–Crippen MR) is 127 cm³/mol. The van der Waals surface area contributed by atoms with Gasteiger partial charge in [-0.1, -0.05) is 110 Å². The van der Waals surface area contributed by atoms with Crippen LogP contribution < -0.4 is 5.32 Å². The summed E-state index contributed by atoms with van der Waals surface area (Å²) in [5, 5.41) is 16.0. The normalized spacial score (nSPS) is 23.7. The van der Waals surface area contributed by atoms with Crippen molar-refractivity contribution in [1.29, 1.82) is 0 Å². The van der Waals surface area contributed by atoms with Gasteiger partial charge in [0.2, 0.25) is 0 Å². The maximum atomic E-state index is 10.7. The summed E-state index contributed by atoms with van der Waals surface area (Å²) in [6.45, 7) is 13.1. The zero-order valence-electron chi connectivity index (χ0n) is 20.9. The average molecular weight is 411 g/mol. The van der Waals surface area contributed by atoms with Crippen molar-refractivity contribution in [3.8, 4) is 0 Å². The smallest absolute Gasteiger partial charge is 0.0933 e. The van der Waals surface area contributed by atoms with E-state index in [9.17, 15) is 5.21 Å². The Labute approximate surface area is 183 Å². The van der Waals surface area contributed by atoms with Gasteiger partial charge in [0, 0.05) is 5.54 Å². The highest BCUT2D eigenvalue weighted by atomic mass is 16.5. The van der Waals surface area contributed by atoms with Gasteiger partial charge < -0.3 is 5.21 Å². The Hall–Kier alpha value is -0.120. The molecular formula is C26H54N2O. The summed E-state index contributed by atoms with van der Waals surface area (Å²) in [6.07, 6.45) is 23.4. The van der Waals surface area contributed by atoms with Crippen molar-refractivity contribution in [1.82, 2.24) is 10.4 Å². The molecule has 0 spiro atoms. The van der Waals surface area contributed by atoms with Crippen LogP contribution in [0.3, 0.4) is 0 Å². The van der Waals surface area contributed by atoms with Crippen molar-refractivity contribution >= 4 is 0 Å². The summed E-state index contributed by atoms with van der Waals surface area (Å²) in [6, 6.07) is 0. The lowest BCUT2D eigenvalue weighted by Gasteiger charge is -2.38. The minimum absolute atomic E-state index is 0.0917. The van der Waals surface area contributed by atoms with Crippen LogP contribution in [-0.4, -0.2) is 27.0 Å². The Balaban J connectivity index is 1.93. The lowest BCUT2D eigenvalue weighted by molar-refractivity contribution is -0.206. The monoisotopic (exact) mass is 410 g/mol. The second kappa shape index (κ2) is 13.3. The zero-order chi connectivity index (χ0) is 21.8. The molecule has 2 N–H and O–H groups in total. The third kappa shape index (κ3) is 8.87. The highest BCUT2D eigenvalue weighted by Gasteiger charge is 2.57. The second-order valence-corrected chi connectivity index (χ2v) is 10.9. The lowest BCUT2D eigenvalue weighted by atomic mass is 9.84. The largest absolute Gasteiger partial charge is 0.312 e. The van der Waals surface area contributed by atoms with Crippen LogP contribution in [-0.2, 0) is 0 Å². The molecule has 1 saturated heterocycles. The van der Waals surface area contributed by atoms with Crippen LogP contribution in [0.1, 0.15) is 151 Å². The molecule has 1 aliphatic rings. The van der Waals surface area contributed by atoms with Gasteiger partial charge in [-0.15, -0.1) is 0 Å². The molecule has 1 aliphatic heterocycles. The summed E-state index contributed by atoms with van der Waals surface area (Å²) in [5.41, 5.74) is -0.647. The first-order valence-corrected chi connectivity index (χ1v) is 13.0. The van der Waals surface area contributed by atoms with E-state index < -0.39 is 0 Å². The average Bonchev–Trinajstić information content (AvgIpc) is 2.78. The molecule has 0 aliphatic carbocycles. The van der Waals surface area contributed by atoms with Crippen molar-refractivity contribution in [2.24, 2.45) is 0 Å². The maximum Gasteiger partial charge on any atom is 0.0933 e. The van der Waals surface area contributed by atoms with Crippen molar-refractivity contribution < 1.29 is 5.21 Å². The van der Waals surface area contributed by atoms with Crippen LogP contribution in [0.15, 0.2) is 0 Å². The molecule has 29 heavy (non-hydrogen) atoms. The standard InChI is InChI=1S/C26H54N2O/c1-7-8-9-10-11-12-13-14-15-16-17-18-19-20-21-22-23-26(6)27-24(2,3)25(4,5)28(26)29/h27,29H,7-23H2,1-6H3. The van der Waals surface area contributed by atoms with Gasteiger partial charge in [0.25, 0.3) is 0 Å². The van der Waals surface area contributed by atoms with Gasteiger partial charge in [0.1, 0.15) is 0 Å². The van der Waals surface area contributed by atoms with Gasteiger partial charge in [-0.3, -0.25) is 5.32 Å². The number of unbranched alkanes of at least 4 members (excludes halogenated alkanes) is 15. The summed E-state index contributed by atoms with van der Waals surface area (Å²) < 4.78 is 0. The highest BCUT2D eigenvalue weighted by Crippen LogP contribution is 2.41. The molecule has 3 heteroatoms. The van der Waals surface area contributed by atoms with Gasteiger partial charge in [-0.05, 0) is 41.0 Å². The van der Waals surface area contributed by atoms with Crippen LogP contribution in [0.4, 0.5) is 0 Å². The van der Waals surface area contributed by atoms with Crippen molar-refractivity contribution in [2.75, 3.05) is 0 Å². The highest BCUT2D eigenvalue weighted by molar-refractivity contribution is 5.11. The fourth-order valence-corrected chi connectivity index (χ4v) is 4.95. The van der Waals surface area contributed by atoms with Gasteiger partial charge in [0.15, 0.2) is 0 Å². The topological polar surface area (TPSA) is 35.5 Å². The number of nitrogens with zero attached hydrogens (tertiary/aromatic N) is 1. The molecule has 0 aromatic heterocycles. The van der Waals surface area contributed by atoms with Crippen LogP contribution in [0.5, 0.6) is 0 Å². The number of hydrogen-bond acceptors (Lipinski definition) is 3. The Kier molecular flexibility index (Phi) is 12.4. The van der Waals surface area contributed by atoms with Crippen LogP contribution in [0.2, 0.25) is 0 Å². The SMILES string of the molecule is CCCCCCCCCCCCCCCCCCC1(C)NC(C)(C)C(C)(C)N1O. The molecule has 0 radical (unpaired) electrons. The van der Waals surface area contributed by atoms with Crippen LogP contribution in [0.25, 0.3) is 0 Å². The Morgan fingerprint density at radius 3 is 1.24 bits per heavy atom. The van der Waals surface area contributed by atoms with Crippen molar-refractivity contribution in [2.45, 2.75) is 167 Å². The second-order valence-electron chi connectivity index (χ2n) is 10.9. The minimum Gasteiger partial charge on any atom is -0.312 e. The van der Waals surface area contributed by atoms with E-state index in [-0.39, 0.29) is 16.7 Å². The molecule has 1 atom stereocenters. The fraction of sp³-hybridized carbons (Fsp3) is 1.00. The fourth-order valence-electron chi connectivity index (χ4n) is 4.95. The number of hydroxylamine groups is 2. The van der Waals surface area contributed by atoms with E-state index in [1.54, 1.807) is 5.06 Å². The van der Waals surface area contributed by atoms with E-state index in [4.69, 9.17) is 0 Å². The van der Waals surface area contributed by atoms with E-state index in [1.807, 2.05) is 0 Å². The molecule has 1 rings (SSSR count). The van der Waals surface area contributed by atoms with Crippen molar-refractivity contribution in [3.05, 3.63) is 0 Å². The number of rotatable bonds is 17. The first-order chi connectivity index (χ1) is 13.7. The molecule has 1 heterocycles. The first kappa shape index (κ1) is 26.9. The molecule has 0 saturated carbocycles. The molecule has 174 valence electrons. The molecule has 0 bridgehead atoms. The number of hydrogen-bond donors (Lipinski definition) is 2. The molecular weight excluding hydrogens is 356 g/mol. The Morgan fingerprint density at radius 1 is 0.586 bits per heavy atom. The summed E-state index contributed by atoms with van der Waals surface area (Å²) in [4.78, 5) is 0.